The topological polar surface area (TPSA) is 12.0 Å². The first-order valence-corrected chi connectivity index (χ1v) is 7.23. The first kappa shape index (κ1) is 12.7. The molecule has 0 fully saturated rings. The molecule has 2 aromatic rings. The highest BCUT2D eigenvalue weighted by Crippen LogP contribution is 2.24. The van der Waals surface area contributed by atoms with Crippen LogP contribution in [0.4, 0.5) is 5.69 Å². The third-order valence-electron chi connectivity index (χ3n) is 2.80. The molecule has 1 aromatic carbocycles. The molecular weight excluding hydrogens is 294 g/mol. The number of aryl methyl sites for hydroxylation is 3. The summed E-state index contributed by atoms with van der Waals surface area (Å²) < 4.78 is 1.15. The number of hydrogen-bond acceptors (Lipinski definition) is 2. The van der Waals surface area contributed by atoms with Crippen LogP contribution in [-0.4, -0.2) is 0 Å². The zero-order chi connectivity index (χ0) is 12.4. The van der Waals surface area contributed by atoms with Gasteiger partial charge in [-0.2, -0.15) is 0 Å². The summed E-state index contributed by atoms with van der Waals surface area (Å²) in [4.78, 5) is 2.78. The van der Waals surface area contributed by atoms with Gasteiger partial charge in [0.05, 0.1) is 0 Å². The van der Waals surface area contributed by atoms with Gasteiger partial charge in [0.1, 0.15) is 0 Å². The van der Waals surface area contributed by atoms with Crippen LogP contribution in [0, 0.1) is 20.8 Å². The van der Waals surface area contributed by atoms with E-state index in [9.17, 15) is 0 Å². The highest BCUT2D eigenvalue weighted by Gasteiger charge is 2.03. The van der Waals surface area contributed by atoms with E-state index in [0.29, 0.717) is 0 Å². The van der Waals surface area contributed by atoms with E-state index in [2.05, 4.69) is 66.3 Å². The molecule has 0 amide bonds. The Morgan fingerprint density at radius 2 is 1.94 bits per heavy atom. The molecule has 1 heterocycles. The van der Waals surface area contributed by atoms with Crippen molar-refractivity contribution in [2.75, 3.05) is 5.32 Å². The van der Waals surface area contributed by atoms with Crippen LogP contribution in [0.1, 0.15) is 20.9 Å². The zero-order valence-corrected chi connectivity index (χ0v) is 12.7. The van der Waals surface area contributed by atoms with Gasteiger partial charge >= 0.3 is 0 Å². The Morgan fingerprint density at radius 3 is 2.53 bits per heavy atom. The number of rotatable bonds is 3. The highest BCUT2D eigenvalue weighted by atomic mass is 79.9. The Morgan fingerprint density at radius 1 is 1.18 bits per heavy atom. The normalized spacial score (nSPS) is 10.6. The second-order valence-electron chi connectivity index (χ2n) is 4.26. The fraction of sp³-hybridized carbons (Fsp3) is 0.286. The van der Waals surface area contributed by atoms with E-state index < -0.39 is 0 Å². The van der Waals surface area contributed by atoms with Crippen molar-refractivity contribution < 1.29 is 0 Å². The van der Waals surface area contributed by atoms with E-state index in [-0.39, 0.29) is 0 Å². The molecule has 0 unspecified atom stereocenters. The van der Waals surface area contributed by atoms with E-state index in [0.717, 1.165) is 16.7 Å². The lowest BCUT2D eigenvalue weighted by atomic mass is 10.2. The summed E-state index contributed by atoms with van der Waals surface area (Å²) in [6.07, 6.45) is 0. The molecule has 0 radical (unpaired) electrons. The van der Waals surface area contributed by atoms with Gasteiger partial charge in [0, 0.05) is 26.5 Å². The smallest absolute Gasteiger partial charge is 0.0411 e. The predicted octanol–water partition coefficient (Wildman–Crippen LogP) is 5.05. The van der Waals surface area contributed by atoms with Crippen molar-refractivity contribution in [1.29, 1.82) is 0 Å². The summed E-state index contributed by atoms with van der Waals surface area (Å²) in [6.45, 7) is 7.33. The van der Waals surface area contributed by atoms with Gasteiger partial charge in [0.25, 0.3) is 0 Å². The van der Waals surface area contributed by atoms with Crippen LogP contribution >= 0.6 is 27.3 Å². The first-order chi connectivity index (χ1) is 8.06. The molecule has 2 rings (SSSR count). The number of anilines is 1. The molecule has 17 heavy (non-hydrogen) atoms. The maximum atomic E-state index is 3.55. The van der Waals surface area contributed by atoms with E-state index in [1.165, 1.54) is 20.9 Å². The number of nitrogens with one attached hydrogen (secondary N) is 1. The molecule has 0 saturated carbocycles. The Hall–Kier alpha value is -0.800. The molecule has 0 aliphatic carbocycles. The van der Waals surface area contributed by atoms with Gasteiger partial charge in [-0.1, -0.05) is 22.0 Å². The minimum absolute atomic E-state index is 0.895. The van der Waals surface area contributed by atoms with Gasteiger partial charge in [-0.15, -0.1) is 11.3 Å². The van der Waals surface area contributed by atoms with Crippen molar-refractivity contribution in [2.45, 2.75) is 27.3 Å². The molecule has 1 N–H and O–H groups in total. The van der Waals surface area contributed by atoms with Crippen LogP contribution < -0.4 is 5.32 Å². The number of benzene rings is 1. The van der Waals surface area contributed by atoms with Crippen LogP contribution in [0.2, 0.25) is 0 Å². The average molecular weight is 310 g/mol. The zero-order valence-electron chi connectivity index (χ0n) is 10.3. The van der Waals surface area contributed by atoms with E-state index >= 15 is 0 Å². The van der Waals surface area contributed by atoms with E-state index in [4.69, 9.17) is 0 Å². The Kier molecular flexibility index (Phi) is 3.89. The third kappa shape index (κ3) is 3.11. The monoisotopic (exact) mass is 309 g/mol. The Balaban J connectivity index is 2.07. The molecule has 1 nitrogen and oxygen atoms in total. The van der Waals surface area contributed by atoms with Crippen molar-refractivity contribution in [3.63, 3.8) is 0 Å². The van der Waals surface area contributed by atoms with Crippen LogP contribution in [0.25, 0.3) is 0 Å². The first-order valence-electron chi connectivity index (χ1n) is 5.62. The lowest BCUT2D eigenvalue weighted by Gasteiger charge is -2.07. The molecule has 3 heteroatoms. The van der Waals surface area contributed by atoms with Crippen LogP contribution in [-0.2, 0) is 6.54 Å². The third-order valence-corrected chi connectivity index (χ3v) is 4.66. The summed E-state index contributed by atoms with van der Waals surface area (Å²) in [6, 6.07) is 8.63. The van der Waals surface area contributed by atoms with Crippen LogP contribution in [0.15, 0.2) is 28.7 Å². The van der Waals surface area contributed by atoms with Crippen LogP contribution in [0.5, 0.6) is 0 Å². The molecular formula is C14H16BrNS. The predicted molar refractivity (Wildman–Crippen MR) is 80.0 cm³/mol. The second kappa shape index (κ2) is 5.23. The lowest BCUT2D eigenvalue weighted by Crippen LogP contribution is -1.99. The minimum Gasteiger partial charge on any atom is -0.381 e. The van der Waals surface area contributed by atoms with Crippen molar-refractivity contribution in [3.8, 4) is 0 Å². The van der Waals surface area contributed by atoms with Gasteiger partial charge in [-0.3, -0.25) is 0 Å². The maximum Gasteiger partial charge on any atom is 0.0411 e. The summed E-state index contributed by atoms with van der Waals surface area (Å²) in [5.74, 6) is 0. The Bertz CT molecular complexity index is 531. The number of thiophene rings is 1. The SMILES string of the molecule is Cc1cc(CNc2ccc(C)c(Br)c2)c(C)s1. The lowest BCUT2D eigenvalue weighted by molar-refractivity contribution is 1.14. The maximum absolute atomic E-state index is 3.55. The van der Waals surface area contributed by atoms with Crippen molar-refractivity contribution in [2.24, 2.45) is 0 Å². The number of halogens is 1. The molecule has 0 aliphatic heterocycles. The molecule has 90 valence electrons. The standard InChI is InChI=1S/C14H16BrNS/c1-9-4-5-13(7-14(9)15)16-8-12-6-10(2)17-11(12)3/h4-7,16H,8H2,1-3H3. The number of hydrogen-bond donors (Lipinski definition) is 1. The largest absolute Gasteiger partial charge is 0.381 e. The molecule has 0 bridgehead atoms. The fourth-order valence-electron chi connectivity index (χ4n) is 1.76. The van der Waals surface area contributed by atoms with Crippen LogP contribution in [0.3, 0.4) is 0 Å². The molecule has 0 saturated heterocycles. The second-order valence-corrected chi connectivity index (χ2v) is 6.57. The summed E-state index contributed by atoms with van der Waals surface area (Å²) in [5.41, 5.74) is 3.81. The summed E-state index contributed by atoms with van der Waals surface area (Å²) in [5, 5.41) is 3.46. The molecule has 1 aromatic heterocycles. The van der Waals surface area contributed by atoms with E-state index in [1.54, 1.807) is 0 Å². The fourth-order valence-corrected chi connectivity index (χ4v) is 3.08. The quantitative estimate of drug-likeness (QED) is 0.836. The van der Waals surface area contributed by atoms with Gasteiger partial charge in [-0.25, -0.2) is 0 Å². The van der Waals surface area contributed by atoms with Gasteiger partial charge in [0.2, 0.25) is 0 Å². The van der Waals surface area contributed by atoms with Gasteiger partial charge < -0.3 is 5.32 Å². The minimum atomic E-state index is 0.895. The van der Waals surface area contributed by atoms with Crippen molar-refractivity contribution >= 4 is 33.0 Å². The summed E-state index contributed by atoms with van der Waals surface area (Å²) >= 11 is 5.41. The molecule has 0 spiro atoms. The molecule has 0 aliphatic rings. The Labute approximate surface area is 115 Å². The molecule has 0 atom stereocenters. The van der Waals surface area contributed by atoms with Crippen molar-refractivity contribution in [1.82, 2.24) is 0 Å². The van der Waals surface area contributed by atoms with Gasteiger partial charge in [0.15, 0.2) is 0 Å². The highest BCUT2D eigenvalue weighted by molar-refractivity contribution is 9.10. The van der Waals surface area contributed by atoms with Gasteiger partial charge in [-0.05, 0) is 50.1 Å². The average Bonchev–Trinajstić information content (AvgIpc) is 2.59. The van der Waals surface area contributed by atoms with Crippen molar-refractivity contribution in [3.05, 3.63) is 49.6 Å². The summed E-state index contributed by atoms with van der Waals surface area (Å²) in [7, 11) is 0. The van der Waals surface area contributed by atoms with E-state index in [1.807, 2.05) is 11.3 Å².